The number of benzene rings is 4. The molecule has 0 saturated heterocycles. The van der Waals surface area contributed by atoms with Crippen molar-refractivity contribution in [2.24, 2.45) is 5.73 Å². The molecule has 3 N–H and O–H groups in total. The maximum absolute atomic E-state index is 7.94. The highest BCUT2D eigenvalue weighted by molar-refractivity contribution is 7.19. The van der Waals surface area contributed by atoms with Crippen molar-refractivity contribution in [1.29, 1.82) is 5.41 Å². The number of nitrogen functional groups attached to an aromatic ring is 1. The largest absolute Gasteiger partial charge is 0.384 e. The summed E-state index contributed by atoms with van der Waals surface area (Å²) in [6.45, 7) is 0. The number of hydrogen-bond donors (Lipinski definition) is 2. The molecule has 0 saturated carbocycles. The van der Waals surface area contributed by atoms with E-state index in [-0.39, 0.29) is 18.2 Å². The zero-order valence-corrected chi connectivity index (χ0v) is 17.8. The number of nitrogens with two attached hydrogens (primary N) is 1. The minimum Gasteiger partial charge on any atom is -0.384 e. The topological polar surface area (TPSA) is 49.9 Å². The van der Waals surface area contributed by atoms with Gasteiger partial charge in [-0.1, -0.05) is 115 Å². The third-order valence-corrected chi connectivity index (χ3v) is 10.0. The van der Waals surface area contributed by atoms with Gasteiger partial charge in [0.15, 0.2) is 8.07 Å². The summed E-state index contributed by atoms with van der Waals surface area (Å²) in [4.78, 5) is 0. The quantitative estimate of drug-likeness (QED) is 0.224. The second kappa shape index (κ2) is 8.91. The SMILES string of the molecule is Cl.N=C(N)c1cccc([Si](c2ccccc2)(c2ccccc2)c2ccccc2)c1. The van der Waals surface area contributed by atoms with Crippen molar-refractivity contribution in [1.82, 2.24) is 0 Å². The van der Waals surface area contributed by atoms with Gasteiger partial charge in [-0.3, -0.25) is 5.41 Å². The molecule has 0 amide bonds. The maximum atomic E-state index is 7.94. The van der Waals surface area contributed by atoms with Crippen LogP contribution >= 0.6 is 12.4 Å². The van der Waals surface area contributed by atoms with Gasteiger partial charge in [0.25, 0.3) is 0 Å². The van der Waals surface area contributed by atoms with Crippen molar-refractivity contribution < 1.29 is 0 Å². The molecule has 0 radical (unpaired) electrons. The molecule has 0 unspecified atom stereocenters. The van der Waals surface area contributed by atoms with Crippen molar-refractivity contribution in [2.75, 3.05) is 0 Å². The van der Waals surface area contributed by atoms with Gasteiger partial charge < -0.3 is 5.73 Å². The van der Waals surface area contributed by atoms with Gasteiger partial charge in [0.2, 0.25) is 0 Å². The first kappa shape index (κ1) is 20.6. The number of rotatable bonds is 5. The monoisotopic (exact) mass is 414 g/mol. The fraction of sp³-hybridized carbons (Fsp3) is 0. The summed E-state index contributed by atoms with van der Waals surface area (Å²) in [5, 5.41) is 13.1. The van der Waals surface area contributed by atoms with Crippen LogP contribution in [-0.4, -0.2) is 13.9 Å². The summed E-state index contributed by atoms with van der Waals surface area (Å²) in [5.41, 5.74) is 6.60. The lowest BCUT2D eigenvalue weighted by Crippen LogP contribution is -2.74. The van der Waals surface area contributed by atoms with Gasteiger partial charge in [-0.2, -0.15) is 0 Å². The van der Waals surface area contributed by atoms with Gasteiger partial charge in [0.05, 0.1) is 0 Å². The van der Waals surface area contributed by atoms with Crippen molar-refractivity contribution >= 4 is 47.1 Å². The van der Waals surface area contributed by atoms with Crippen LogP contribution in [0.15, 0.2) is 115 Å². The molecule has 0 aromatic heterocycles. The summed E-state index contributed by atoms with van der Waals surface area (Å²) < 4.78 is 0. The summed E-state index contributed by atoms with van der Waals surface area (Å²) in [6.07, 6.45) is 0. The van der Waals surface area contributed by atoms with E-state index >= 15 is 0 Å². The Balaban J connectivity index is 0.00000240. The van der Waals surface area contributed by atoms with E-state index < -0.39 is 8.07 Å². The average molecular weight is 415 g/mol. The van der Waals surface area contributed by atoms with E-state index in [4.69, 9.17) is 11.1 Å². The smallest absolute Gasteiger partial charge is 0.179 e. The Morgan fingerprint density at radius 3 is 1.31 bits per heavy atom. The van der Waals surface area contributed by atoms with Crippen molar-refractivity contribution in [3.8, 4) is 0 Å². The lowest BCUT2D eigenvalue weighted by Gasteiger charge is -2.34. The van der Waals surface area contributed by atoms with Gasteiger partial charge in [-0.05, 0) is 20.7 Å². The normalized spacial score (nSPS) is 10.8. The second-order valence-electron chi connectivity index (χ2n) is 6.84. The van der Waals surface area contributed by atoms with E-state index in [2.05, 4.69) is 103 Å². The van der Waals surface area contributed by atoms with Crippen molar-refractivity contribution in [2.45, 2.75) is 0 Å². The molecule has 0 spiro atoms. The molecule has 4 heteroatoms. The molecular formula is C25H23ClN2Si. The van der Waals surface area contributed by atoms with E-state index in [1.807, 2.05) is 12.1 Å². The van der Waals surface area contributed by atoms with Gasteiger partial charge in [-0.15, -0.1) is 12.4 Å². The van der Waals surface area contributed by atoms with Crippen LogP contribution in [0.25, 0.3) is 0 Å². The van der Waals surface area contributed by atoms with Crippen LogP contribution in [0, 0.1) is 5.41 Å². The van der Waals surface area contributed by atoms with Crippen LogP contribution in [0.5, 0.6) is 0 Å². The van der Waals surface area contributed by atoms with Crippen molar-refractivity contribution in [3.05, 3.63) is 121 Å². The minimum atomic E-state index is -2.53. The molecule has 0 fully saturated rings. The maximum Gasteiger partial charge on any atom is 0.179 e. The van der Waals surface area contributed by atoms with Gasteiger partial charge >= 0.3 is 0 Å². The molecule has 4 aromatic carbocycles. The molecule has 0 aliphatic heterocycles. The fourth-order valence-electron chi connectivity index (χ4n) is 3.98. The minimum absolute atomic E-state index is 0. The van der Waals surface area contributed by atoms with Crippen LogP contribution < -0.4 is 26.5 Å². The highest BCUT2D eigenvalue weighted by atomic mass is 35.5. The first-order chi connectivity index (χ1) is 13.7. The van der Waals surface area contributed by atoms with E-state index in [1.165, 1.54) is 20.7 Å². The van der Waals surface area contributed by atoms with Crippen LogP contribution in [0.2, 0.25) is 0 Å². The average Bonchev–Trinajstić information content (AvgIpc) is 2.77. The van der Waals surface area contributed by atoms with Crippen LogP contribution in [-0.2, 0) is 0 Å². The first-order valence-electron chi connectivity index (χ1n) is 9.34. The molecule has 29 heavy (non-hydrogen) atoms. The Kier molecular flexibility index (Phi) is 6.32. The standard InChI is InChI=1S/C25H22N2Si.ClH/c26-25(27)20-11-10-18-24(19-20)28(21-12-4-1-5-13-21,22-14-6-2-7-15-22)23-16-8-3-9-17-23;/h1-19H,(H3,26,27);1H. The predicted molar refractivity (Wildman–Crippen MR) is 128 cm³/mol. The van der Waals surface area contributed by atoms with E-state index in [0.717, 1.165) is 5.56 Å². The van der Waals surface area contributed by atoms with Crippen molar-refractivity contribution in [3.63, 3.8) is 0 Å². The molecule has 144 valence electrons. The Morgan fingerprint density at radius 1 is 0.552 bits per heavy atom. The molecule has 4 rings (SSSR count). The second-order valence-corrected chi connectivity index (χ2v) is 10.7. The van der Waals surface area contributed by atoms with E-state index in [0.29, 0.717) is 0 Å². The Labute approximate surface area is 179 Å². The molecule has 2 nitrogen and oxygen atoms in total. The Bertz CT molecular complexity index is 987. The summed E-state index contributed by atoms with van der Waals surface area (Å²) in [7, 11) is -2.53. The molecule has 0 aliphatic carbocycles. The van der Waals surface area contributed by atoms with Crippen LogP contribution in [0.3, 0.4) is 0 Å². The van der Waals surface area contributed by atoms with Gasteiger partial charge in [-0.25, -0.2) is 0 Å². The lowest BCUT2D eigenvalue weighted by molar-refractivity contribution is 1.43. The predicted octanol–water partition coefficient (Wildman–Crippen LogP) is 2.77. The number of nitrogens with one attached hydrogen (secondary N) is 1. The zero-order chi connectivity index (χ0) is 19.4. The number of amidine groups is 1. The van der Waals surface area contributed by atoms with Gasteiger partial charge in [0.1, 0.15) is 5.84 Å². The molecular weight excluding hydrogens is 392 g/mol. The summed E-state index contributed by atoms with van der Waals surface area (Å²) >= 11 is 0. The molecule has 0 heterocycles. The number of halogens is 1. The van der Waals surface area contributed by atoms with E-state index in [9.17, 15) is 0 Å². The fourth-order valence-corrected chi connectivity index (χ4v) is 8.78. The molecule has 0 aliphatic rings. The van der Waals surface area contributed by atoms with Gasteiger partial charge in [0, 0.05) is 5.56 Å². The first-order valence-corrected chi connectivity index (χ1v) is 11.3. The highest BCUT2D eigenvalue weighted by Gasteiger charge is 2.41. The Hall–Kier alpha value is -3.14. The Morgan fingerprint density at radius 2 is 0.931 bits per heavy atom. The van der Waals surface area contributed by atoms with E-state index in [1.54, 1.807) is 0 Å². The molecule has 0 bridgehead atoms. The highest BCUT2D eigenvalue weighted by Crippen LogP contribution is 2.10. The lowest BCUT2D eigenvalue weighted by atomic mass is 10.2. The third kappa shape index (κ3) is 3.75. The van der Waals surface area contributed by atoms with Crippen LogP contribution in [0.4, 0.5) is 0 Å². The third-order valence-electron chi connectivity index (χ3n) is 5.23. The molecule has 0 atom stereocenters. The summed E-state index contributed by atoms with van der Waals surface area (Å²) in [6, 6.07) is 40.4. The number of hydrogen-bond acceptors (Lipinski definition) is 1. The molecule has 4 aromatic rings. The van der Waals surface area contributed by atoms with Crippen LogP contribution in [0.1, 0.15) is 5.56 Å². The summed E-state index contributed by atoms with van der Waals surface area (Å²) in [5.74, 6) is 0.0962. The zero-order valence-electron chi connectivity index (χ0n) is 16.0.